The van der Waals surface area contributed by atoms with E-state index in [1.54, 1.807) is 0 Å². The van der Waals surface area contributed by atoms with Gasteiger partial charge in [0.15, 0.2) is 0 Å². The summed E-state index contributed by atoms with van der Waals surface area (Å²) in [5.41, 5.74) is 3.13. The number of fused-ring (bicyclic) bond motifs is 1. The van der Waals surface area contributed by atoms with E-state index in [1.165, 1.54) is 5.56 Å². The van der Waals surface area contributed by atoms with Gasteiger partial charge < -0.3 is 9.84 Å². The third kappa shape index (κ3) is 3.74. The summed E-state index contributed by atoms with van der Waals surface area (Å²) >= 11 is 0. The first-order valence-corrected chi connectivity index (χ1v) is 9.48. The van der Waals surface area contributed by atoms with Crippen LogP contribution in [0.2, 0.25) is 0 Å². The molecule has 2 aromatic rings. The molecule has 0 spiro atoms. The van der Waals surface area contributed by atoms with Crippen molar-refractivity contribution in [2.75, 3.05) is 13.1 Å². The van der Waals surface area contributed by atoms with E-state index in [2.05, 4.69) is 20.9 Å². The molecule has 138 valence electrons. The largest absolute Gasteiger partial charge is 0.486 e. The summed E-state index contributed by atoms with van der Waals surface area (Å²) in [4.78, 5) is 11.2. The molecule has 3 heterocycles. The number of hydrogen-bond acceptors (Lipinski definition) is 5. The second-order valence-corrected chi connectivity index (χ2v) is 7.81. The number of aryl methyl sites for hydroxylation is 2. The maximum atomic E-state index is 10.6. The highest BCUT2D eigenvalue weighted by Gasteiger charge is 2.42. The predicted molar refractivity (Wildman–Crippen MR) is 99.9 cm³/mol. The molecule has 1 saturated carbocycles. The van der Waals surface area contributed by atoms with Crippen molar-refractivity contribution in [3.8, 4) is 5.75 Å². The third-order valence-corrected chi connectivity index (χ3v) is 5.74. The molecule has 1 aliphatic carbocycles. The molecular formula is C21H27N3O2. The highest BCUT2D eigenvalue weighted by molar-refractivity contribution is 5.28. The van der Waals surface area contributed by atoms with Gasteiger partial charge in [0.2, 0.25) is 0 Å². The van der Waals surface area contributed by atoms with Crippen molar-refractivity contribution >= 4 is 0 Å². The van der Waals surface area contributed by atoms with Crippen molar-refractivity contribution in [3.05, 3.63) is 53.6 Å². The number of aliphatic hydroxyl groups is 1. The fourth-order valence-electron chi connectivity index (χ4n) is 4.45. The lowest BCUT2D eigenvalue weighted by molar-refractivity contribution is -0.0236. The van der Waals surface area contributed by atoms with Crippen LogP contribution in [0.3, 0.4) is 0 Å². The minimum Gasteiger partial charge on any atom is -0.486 e. The molecule has 1 saturated heterocycles. The summed E-state index contributed by atoms with van der Waals surface area (Å²) in [6.45, 7) is 6.99. The molecule has 0 amide bonds. The topological polar surface area (TPSA) is 58.5 Å². The van der Waals surface area contributed by atoms with Crippen LogP contribution in [0.4, 0.5) is 0 Å². The third-order valence-electron chi connectivity index (χ3n) is 5.74. The van der Waals surface area contributed by atoms with E-state index in [1.807, 2.05) is 44.4 Å². The van der Waals surface area contributed by atoms with Crippen LogP contribution in [0, 0.1) is 25.7 Å². The fourth-order valence-corrected chi connectivity index (χ4v) is 4.45. The Labute approximate surface area is 155 Å². The van der Waals surface area contributed by atoms with Crippen LogP contribution in [0.1, 0.15) is 29.8 Å². The van der Waals surface area contributed by atoms with Crippen LogP contribution in [0.15, 0.2) is 36.7 Å². The Morgan fingerprint density at radius 1 is 1.15 bits per heavy atom. The summed E-state index contributed by atoms with van der Waals surface area (Å²) in [6, 6.07) is 8.05. The maximum absolute atomic E-state index is 10.6. The van der Waals surface area contributed by atoms with E-state index in [4.69, 9.17) is 4.74 Å². The SMILES string of the molecule is Cc1ccc(O[C@@H]2C[C@@H]3CN(Cc4cccnc4)C[C@@H]3C[C@H]2O)c(C)n1. The summed E-state index contributed by atoms with van der Waals surface area (Å²) in [5, 5.41) is 10.6. The summed E-state index contributed by atoms with van der Waals surface area (Å²) in [6.07, 6.45) is 4.93. The minimum atomic E-state index is -0.407. The number of likely N-dealkylation sites (tertiary alicyclic amines) is 1. The molecular weight excluding hydrogens is 326 g/mol. The average molecular weight is 353 g/mol. The number of aliphatic hydroxyl groups excluding tert-OH is 1. The molecule has 2 aliphatic rings. The number of ether oxygens (including phenoxy) is 1. The molecule has 1 aliphatic heterocycles. The van der Waals surface area contributed by atoms with Crippen molar-refractivity contribution < 1.29 is 9.84 Å². The van der Waals surface area contributed by atoms with Gasteiger partial charge in [-0.25, -0.2) is 0 Å². The molecule has 0 bridgehead atoms. The molecule has 2 fully saturated rings. The van der Waals surface area contributed by atoms with Crippen molar-refractivity contribution in [1.82, 2.24) is 14.9 Å². The average Bonchev–Trinajstić information content (AvgIpc) is 2.99. The Kier molecular flexibility index (Phi) is 4.92. The van der Waals surface area contributed by atoms with Gasteiger partial charge in [-0.3, -0.25) is 14.9 Å². The number of hydrogen-bond donors (Lipinski definition) is 1. The molecule has 4 rings (SSSR count). The van der Waals surface area contributed by atoms with E-state index in [9.17, 15) is 5.11 Å². The van der Waals surface area contributed by atoms with E-state index < -0.39 is 6.10 Å². The molecule has 0 aromatic carbocycles. The van der Waals surface area contributed by atoms with Crippen molar-refractivity contribution in [2.45, 2.75) is 45.4 Å². The Morgan fingerprint density at radius 3 is 2.69 bits per heavy atom. The molecule has 5 nitrogen and oxygen atoms in total. The number of rotatable bonds is 4. The molecule has 0 unspecified atom stereocenters. The van der Waals surface area contributed by atoms with E-state index in [0.29, 0.717) is 11.8 Å². The van der Waals surface area contributed by atoms with Crippen LogP contribution >= 0.6 is 0 Å². The number of nitrogens with zero attached hydrogens (tertiary/aromatic N) is 3. The highest BCUT2D eigenvalue weighted by Crippen LogP contribution is 2.38. The Hall–Kier alpha value is -1.98. The molecule has 0 radical (unpaired) electrons. The Morgan fingerprint density at radius 2 is 1.96 bits per heavy atom. The summed E-state index contributed by atoms with van der Waals surface area (Å²) in [5.74, 6) is 1.93. The van der Waals surface area contributed by atoms with Gasteiger partial charge >= 0.3 is 0 Å². The quantitative estimate of drug-likeness (QED) is 0.916. The van der Waals surface area contributed by atoms with Gasteiger partial charge in [0, 0.05) is 37.7 Å². The van der Waals surface area contributed by atoms with Crippen LogP contribution in [-0.4, -0.2) is 45.3 Å². The standard InChI is InChI=1S/C21H27N3O2/c1-14-5-6-20(15(2)23-14)26-21-9-18-13-24(12-17(18)8-19(21)25)11-16-4-3-7-22-10-16/h3-7,10,17-19,21,25H,8-9,11-13H2,1-2H3/t17-,18+,19+,21+/m0/s1. The van der Waals surface area contributed by atoms with Gasteiger partial charge in [-0.15, -0.1) is 0 Å². The normalized spacial score (nSPS) is 28.7. The molecule has 1 N–H and O–H groups in total. The second kappa shape index (κ2) is 7.33. The monoisotopic (exact) mass is 353 g/mol. The molecule has 2 aromatic heterocycles. The first kappa shape index (κ1) is 17.4. The van der Waals surface area contributed by atoms with Crippen LogP contribution in [0.5, 0.6) is 5.75 Å². The van der Waals surface area contributed by atoms with Gasteiger partial charge in [-0.1, -0.05) is 6.07 Å². The lowest BCUT2D eigenvalue weighted by atomic mass is 9.78. The smallest absolute Gasteiger partial charge is 0.141 e. The Bertz CT molecular complexity index is 752. The Balaban J connectivity index is 1.39. The van der Waals surface area contributed by atoms with Crippen molar-refractivity contribution in [3.63, 3.8) is 0 Å². The van der Waals surface area contributed by atoms with Gasteiger partial charge in [-0.2, -0.15) is 0 Å². The van der Waals surface area contributed by atoms with E-state index in [-0.39, 0.29) is 6.10 Å². The lowest BCUT2D eigenvalue weighted by Crippen LogP contribution is -2.42. The number of pyridine rings is 2. The fraction of sp³-hybridized carbons (Fsp3) is 0.524. The van der Waals surface area contributed by atoms with Crippen LogP contribution in [0.25, 0.3) is 0 Å². The molecule has 26 heavy (non-hydrogen) atoms. The number of aromatic nitrogens is 2. The highest BCUT2D eigenvalue weighted by atomic mass is 16.5. The van der Waals surface area contributed by atoms with Gasteiger partial charge in [0.25, 0.3) is 0 Å². The molecule has 4 atom stereocenters. The zero-order valence-corrected chi connectivity index (χ0v) is 15.5. The van der Waals surface area contributed by atoms with Crippen LogP contribution < -0.4 is 4.74 Å². The first-order valence-electron chi connectivity index (χ1n) is 9.48. The lowest BCUT2D eigenvalue weighted by Gasteiger charge is -2.35. The summed E-state index contributed by atoms with van der Waals surface area (Å²) in [7, 11) is 0. The zero-order chi connectivity index (χ0) is 18.1. The van der Waals surface area contributed by atoms with Crippen molar-refractivity contribution in [1.29, 1.82) is 0 Å². The van der Waals surface area contributed by atoms with E-state index in [0.717, 1.165) is 49.6 Å². The first-order chi connectivity index (χ1) is 12.6. The zero-order valence-electron chi connectivity index (χ0n) is 15.5. The minimum absolute atomic E-state index is 0.141. The van der Waals surface area contributed by atoms with Gasteiger partial charge in [0.05, 0.1) is 11.8 Å². The predicted octanol–water partition coefficient (Wildman–Crippen LogP) is 2.74. The second-order valence-electron chi connectivity index (χ2n) is 7.81. The van der Waals surface area contributed by atoms with Gasteiger partial charge in [0.1, 0.15) is 11.9 Å². The van der Waals surface area contributed by atoms with Crippen molar-refractivity contribution in [2.24, 2.45) is 11.8 Å². The van der Waals surface area contributed by atoms with E-state index >= 15 is 0 Å². The maximum Gasteiger partial charge on any atom is 0.141 e. The van der Waals surface area contributed by atoms with Gasteiger partial charge in [-0.05, 0) is 62.3 Å². The van der Waals surface area contributed by atoms with Crippen LogP contribution in [-0.2, 0) is 6.54 Å². The summed E-state index contributed by atoms with van der Waals surface area (Å²) < 4.78 is 6.17. The molecule has 5 heteroatoms.